The standard InChI is InChI=1S/C29H27N5/c1-2-29(17-7-18-29)21-11-13-22(14-12-21)34-27(23-10-6-19-31-26(23)30)33-25-16-15-24(32-28(25)34)20-8-4-3-5-9-20/h3-6,8-16,19H,2,7,17-18H2,1H3,(H2,30,31). The van der Waals surface area contributed by atoms with Crippen LogP contribution in [0.4, 0.5) is 5.82 Å². The van der Waals surface area contributed by atoms with Crippen LogP contribution in [0.1, 0.15) is 38.2 Å². The van der Waals surface area contributed by atoms with Gasteiger partial charge in [-0.15, -0.1) is 0 Å². The molecule has 0 bridgehead atoms. The Kier molecular flexibility index (Phi) is 4.91. The monoisotopic (exact) mass is 445 g/mol. The van der Waals surface area contributed by atoms with E-state index in [-0.39, 0.29) is 0 Å². The Hall–Kier alpha value is -3.99. The Morgan fingerprint density at radius 3 is 2.35 bits per heavy atom. The third kappa shape index (κ3) is 3.27. The molecule has 5 aromatic rings. The molecule has 0 unspecified atom stereocenters. The van der Waals surface area contributed by atoms with Gasteiger partial charge in [-0.05, 0) is 66.6 Å². The molecule has 2 N–H and O–H groups in total. The van der Waals surface area contributed by atoms with Crippen molar-refractivity contribution in [3.63, 3.8) is 0 Å². The van der Waals surface area contributed by atoms with Crippen LogP contribution in [0.5, 0.6) is 0 Å². The first-order valence-electron chi connectivity index (χ1n) is 12.0. The van der Waals surface area contributed by atoms with E-state index in [0.29, 0.717) is 11.2 Å². The van der Waals surface area contributed by atoms with Crippen LogP contribution >= 0.6 is 0 Å². The average Bonchev–Trinajstić information content (AvgIpc) is 3.23. The molecule has 1 fully saturated rings. The highest BCUT2D eigenvalue weighted by atomic mass is 15.1. The first-order valence-corrected chi connectivity index (χ1v) is 12.0. The van der Waals surface area contributed by atoms with Crippen LogP contribution in [0, 0.1) is 0 Å². The molecule has 0 aliphatic heterocycles. The molecule has 1 aliphatic carbocycles. The van der Waals surface area contributed by atoms with Crippen LogP contribution < -0.4 is 5.73 Å². The number of aromatic nitrogens is 4. The molecule has 34 heavy (non-hydrogen) atoms. The molecule has 1 saturated carbocycles. The van der Waals surface area contributed by atoms with Crippen LogP contribution in [-0.4, -0.2) is 19.5 Å². The number of nitrogens with two attached hydrogens (primary N) is 1. The van der Waals surface area contributed by atoms with Crippen molar-refractivity contribution in [1.82, 2.24) is 19.5 Å². The molecule has 0 atom stereocenters. The number of nitrogens with zero attached hydrogens (tertiary/aromatic N) is 4. The molecule has 5 heteroatoms. The molecule has 0 saturated heterocycles. The van der Waals surface area contributed by atoms with E-state index in [0.717, 1.165) is 39.5 Å². The van der Waals surface area contributed by atoms with Gasteiger partial charge in [0.15, 0.2) is 11.5 Å². The number of hydrogen-bond acceptors (Lipinski definition) is 4. The molecule has 168 valence electrons. The van der Waals surface area contributed by atoms with Crippen LogP contribution in [0.2, 0.25) is 0 Å². The smallest absolute Gasteiger partial charge is 0.165 e. The van der Waals surface area contributed by atoms with Gasteiger partial charge in [0.1, 0.15) is 11.3 Å². The number of anilines is 1. The highest BCUT2D eigenvalue weighted by molar-refractivity contribution is 5.84. The van der Waals surface area contributed by atoms with E-state index in [1.807, 2.05) is 42.5 Å². The van der Waals surface area contributed by atoms with Gasteiger partial charge in [-0.3, -0.25) is 4.57 Å². The minimum Gasteiger partial charge on any atom is -0.383 e. The van der Waals surface area contributed by atoms with E-state index in [4.69, 9.17) is 15.7 Å². The summed E-state index contributed by atoms with van der Waals surface area (Å²) in [6.07, 6.45) is 6.75. The second kappa shape index (κ2) is 8.10. The van der Waals surface area contributed by atoms with Crippen LogP contribution in [0.3, 0.4) is 0 Å². The molecular weight excluding hydrogens is 418 g/mol. The van der Waals surface area contributed by atoms with Crippen LogP contribution in [-0.2, 0) is 5.41 Å². The normalized spacial score (nSPS) is 14.7. The third-order valence-corrected chi connectivity index (χ3v) is 7.38. The van der Waals surface area contributed by atoms with Gasteiger partial charge in [-0.1, -0.05) is 55.8 Å². The van der Waals surface area contributed by atoms with Crippen molar-refractivity contribution >= 4 is 17.0 Å². The summed E-state index contributed by atoms with van der Waals surface area (Å²) in [5.41, 5.74) is 13.5. The molecule has 3 aromatic heterocycles. The molecule has 0 spiro atoms. The summed E-state index contributed by atoms with van der Waals surface area (Å²) in [7, 11) is 0. The second-order valence-electron chi connectivity index (χ2n) is 9.15. The predicted molar refractivity (Wildman–Crippen MR) is 138 cm³/mol. The predicted octanol–water partition coefficient (Wildman–Crippen LogP) is 6.56. The van der Waals surface area contributed by atoms with Gasteiger partial charge in [0.05, 0.1) is 11.3 Å². The minimum absolute atomic E-state index is 0.338. The number of nitrogen functional groups attached to an aromatic ring is 1. The summed E-state index contributed by atoms with van der Waals surface area (Å²) in [5, 5.41) is 0. The van der Waals surface area contributed by atoms with Gasteiger partial charge in [-0.2, -0.15) is 0 Å². The van der Waals surface area contributed by atoms with E-state index >= 15 is 0 Å². The Morgan fingerprint density at radius 2 is 1.68 bits per heavy atom. The number of hydrogen-bond donors (Lipinski definition) is 1. The first kappa shape index (κ1) is 20.6. The third-order valence-electron chi connectivity index (χ3n) is 7.38. The van der Waals surface area contributed by atoms with Crippen molar-refractivity contribution < 1.29 is 0 Å². The largest absolute Gasteiger partial charge is 0.383 e. The van der Waals surface area contributed by atoms with Gasteiger partial charge in [0.25, 0.3) is 0 Å². The fourth-order valence-corrected chi connectivity index (χ4v) is 5.17. The molecule has 6 rings (SSSR count). The second-order valence-corrected chi connectivity index (χ2v) is 9.15. The molecule has 2 aromatic carbocycles. The number of fused-ring (bicyclic) bond motifs is 1. The maximum Gasteiger partial charge on any atom is 0.165 e. The van der Waals surface area contributed by atoms with Gasteiger partial charge >= 0.3 is 0 Å². The van der Waals surface area contributed by atoms with Gasteiger partial charge < -0.3 is 5.73 Å². The summed E-state index contributed by atoms with van der Waals surface area (Å²) in [5.74, 6) is 1.21. The van der Waals surface area contributed by atoms with Gasteiger partial charge in [-0.25, -0.2) is 15.0 Å². The SMILES string of the molecule is CCC1(c2ccc(-n3c(-c4cccnc4N)nc4ccc(-c5ccccc5)nc43)cc2)CCC1. The average molecular weight is 446 g/mol. The van der Waals surface area contributed by atoms with Gasteiger partial charge in [0, 0.05) is 17.4 Å². The fraction of sp³-hybridized carbons (Fsp3) is 0.207. The van der Waals surface area contributed by atoms with E-state index in [9.17, 15) is 0 Å². The molecule has 0 amide bonds. The van der Waals surface area contributed by atoms with Crippen LogP contribution in [0.25, 0.3) is 39.5 Å². The molecular formula is C29H27N5. The number of imidazole rings is 1. The summed E-state index contributed by atoms with van der Waals surface area (Å²) in [4.78, 5) is 14.3. The van der Waals surface area contributed by atoms with Crippen molar-refractivity contribution in [2.75, 3.05) is 5.73 Å². The summed E-state index contributed by atoms with van der Waals surface area (Å²) >= 11 is 0. The molecule has 5 nitrogen and oxygen atoms in total. The van der Waals surface area contributed by atoms with Crippen molar-refractivity contribution in [1.29, 1.82) is 0 Å². The highest BCUT2D eigenvalue weighted by Crippen LogP contribution is 2.46. The Balaban J connectivity index is 1.56. The Labute approximate surface area is 199 Å². The van der Waals surface area contributed by atoms with Crippen molar-refractivity contribution in [2.45, 2.75) is 38.0 Å². The zero-order chi connectivity index (χ0) is 23.1. The molecule has 0 radical (unpaired) electrons. The number of pyridine rings is 2. The number of rotatable bonds is 5. The minimum atomic E-state index is 0.338. The highest BCUT2D eigenvalue weighted by Gasteiger charge is 2.36. The maximum absolute atomic E-state index is 6.28. The fourth-order valence-electron chi connectivity index (χ4n) is 5.17. The lowest BCUT2D eigenvalue weighted by molar-refractivity contribution is 0.235. The lowest BCUT2D eigenvalue weighted by Gasteiger charge is -2.42. The summed E-state index contributed by atoms with van der Waals surface area (Å²) in [6, 6.07) is 27.1. The Morgan fingerprint density at radius 1 is 0.882 bits per heavy atom. The summed E-state index contributed by atoms with van der Waals surface area (Å²) < 4.78 is 2.11. The van der Waals surface area contributed by atoms with Crippen LogP contribution in [0.15, 0.2) is 85.1 Å². The maximum atomic E-state index is 6.28. The summed E-state index contributed by atoms with van der Waals surface area (Å²) in [6.45, 7) is 2.30. The van der Waals surface area contributed by atoms with E-state index < -0.39 is 0 Å². The lowest BCUT2D eigenvalue weighted by atomic mass is 9.63. The first-order chi connectivity index (χ1) is 16.7. The zero-order valence-corrected chi connectivity index (χ0v) is 19.3. The van der Waals surface area contributed by atoms with Crippen molar-refractivity contribution in [3.05, 3.63) is 90.6 Å². The van der Waals surface area contributed by atoms with Crippen molar-refractivity contribution in [3.8, 4) is 28.3 Å². The Bertz CT molecular complexity index is 1460. The molecule has 1 aliphatic rings. The van der Waals surface area contributed by atoms with E-state index in [1.165, 1.54) is 31.2 Å². The topological polar surface area (TPSA) is 69.6 Å². The number of benzene rings is 2. The van der Waals surface area contributed by atoms with Gasteiger partial charge in [0.2, 0.25) is 0 Å². The zero-order valence-electron chi connectivity index (χ0n) is 19.3. The van der Waals surface area contributed by atoms with E-state index in [1.54, 1.807) is 6.20 Å². The molecule has 3 heterocycles. The lowest BCUT2D eigenvalue weighted by Crippen LogP contribution is -2.33. The van der Waals surface area contributed by atoms with Crippen molar-refractivity contribution in [2.24, 2.45) is 0 Å². The van der Waals surface area contributed by atoms with E-state index in [2.05, 4.69) is 52.9 Å². The quantitative estimate of drug-likeness (QED) is 0.332.